The van der Waals surface area contributed by atoms with Crippen molar-refractivity contribution in [1.82, 2.24) is 15.0 Å². The molecule has 0 atom stereocenters. The standard InChI is InChI=1S/C10H6ClN3O2/c11-6-1-3-7(4-2-6)14-12-8-5-16-10(15)9(8)13-14/h1-4H,5H2. The molecule has 5 nitrogen and oxygen atoms in total. The van der Waals surface area contributed by atoms with Gasteiger partial charge in [0, 0.05) is 5.02 Å². The van der Waals surface area contributed by atoms with Gasteiger partial charge in [-0.3, -0.25) is 0 Å². The highest BCUT2D eigenvalue weighted by atomic mass is 35.5. The molecule has 3 rings (SSSR count). The lowest BCUT2D eigenvalue weighted by molar-refractivity contribution is 0.0523. The van der Waals surface area contributed by atoms with E-state index in [1.54, 1.807) is 24.3 Å². The number of ether oxygens (including phenoxy) is 1. The van der Waals surface area contributed by atoms with E-state index in [2.05, 4.69) is 10.2 Å². The first-order chi connectivity index (χ1) is 7.74. The number of carbonyl (C=O) groups excluding carboxylic acids is 1. The summed E-state index contributed by atoms with van der Waals surface area (Å²) in [5.41, 5.74) is 1.61. The second-order valence-corrected chi connectivity index (χ2v) is 3.77. The maximum atomic E-state index is 11.2. The maximum Gasteiger partial charge on any atom is 0.361 e. The number of aromatic nitrogens is 3. The van der Waals surface area contributed by atoms with Crippen LogP contribution in [-0.4, -0.2) is 21.0 Å². The monoisotopic (exact) mass is 235 g/mol. The molecule has 0 unspecified atom stereocenters. The lowest BCUT2D eigenvalue weighted by Gasteiger charge is -1.99. The molecule has 0 saturated heterocycles. The van der Waals surface area contributed by atoms with E-state index in [9.17, 15) is 4.79 Å². The van der Waals surface area contributed by atoms with Crippen LogP contribution in [0, 0.1) is 0 Å². The Hall–Kier alpha value is -1.88. The largest absolute Gasteiger partial charge is 0.454 e. The molecule has 0 radical (unpaired) electrons. The summed E-state index contributed by atoms with van der Waals surface area (Å²) in [5, 5.41) is 8.86. The van der Waals surface area contributed by atoms with Gasteiger partial charge in [0.25, 0.3) is 0 Å². The lowest BCUT2D eigenvalue weighted by atomic mass is 10.3. The quantitative estimate of drug-likeness (QED) is 0.705. The van der Waals surface area contributed by atoms with Crippen molar-refractivity contribution < 1.29 is 9.53 Å². The van der Waals surface area contributed by atoms with Crippen LogP contribution in [0.2, 0.25) is 5.02 Å². The van der Waals surface area contributed by atoms with Crippen molar-refractivity contribution in [3.05, 3.63) is 40.7 Å². The van der Waals surface area contributed by atoms with Crippen molar-refractivity contribution in [2.75, 3.05) is 0 Å². The molecule has 1 aliphatic heterocycles. The zero-order valence-electron chi connectivity index (χ0n) is 8.05. The number of hydrogen-bond acceptors (Lipinski definition) is 4. The highest BCUT2D eigenvalue weighted by molar-refractivity contribution is 6.30. The van der Waals surface area contributed by atoms with Crippen LogP contribution in [0.3, 0.4) is 0 Å². The van der Waals surface area contributed by atoms with Gasteiger partial charge in [-0.15, -0.1) is 10.2 Å². The molecule has 2 aromatic rings. The van der Waals surface area contributed by atoms with Gasteiger partial charge in [0.2, 0.25) is 0 Å². The van der Waals surface area contributed by atoms with Gasteiger partial charge >= 0.3 is 5.97 Å². The number of halogens is 1. The Bertz CT molecular complexity index is 562. The summed E-state index contributed by atoms with van der Waals surface area (Å²) in [6, 6.07) is 7.04. The topological polar surface area (TPSA) is 57.0 Å². The lowest BCUT2D eigenvalue weighted by Crippen LogP contribution is -2.03. The molecule has 16 heavy (non-hydrogen) atoms. The molecule has 0 fully saturated rings. The highest BCUT2D eigenvalue weighted by Crippen LogP contribution is 2.18. The average Bonchev–Trinajstić information content (AvgIpc) is 2.83. The first-order valence-corrected chi connectivity index (χ1v) is 5.01. The maximum absolute atomic E-state index is 11.2. The summed E-state index contributed by atoms with van der Waals surface area (Å²) in [4.78, 5) is 12.6. The van der Waals surface area contributed by atoms with E-state index in [-0.39, 0.29) is 12.3 Å². The molecule has 1 aromatic carbocycles. The summed E-state index contributed by atoms with van der Waals surface area (Å²) in [6.45, 7) is 0.196. The van der Waals surface area contributed by atoms with Gasteiger partial charge in [0.15, 0.2) is 5.69 Å². The molecule has 0 aliphatic carbocycles. The van der Waals surface area contributed by atoms with E-state index < -0.39 is 5.97 Å². The zero-order chi connectivity index (χ0) is 11.1. The molecule has 2 heterocycles. The molecule has 1 aliphatic rings. The van der Waals surface area contributed by atoms with E-state index >= 15 is 0 Å². The third-order valence-electron chi connectivity index (χ3n) is 2.27. The third kappa shape index (κ3) is 1.37. The fourth-order valence-corrected chi connectivity index (χ4v) is 1.61. The fraction of sp³-hybridized carbons (Fsp3) is 0.100. The van der Waals surface area contributed by atoms with Gasteiger partial charge in [-0.25, -0.2) is 4.79 Å². The second-order valence-electron chi connectivity index (χ2n) is 3.34. The molecule has 0 saturated carbocycles. The number of benzene rings is 1. The average molecular weight is 236 g/mol. The van der Waals surface area contributed by atoms with Gasteiger partial charge < -0.3 is 4.74 Å². The number of fused-ring (bicyclic) bond motifs is 1. The third-order valence-corrected chi connectivity index (χ3v) is 2.53. The molecule has 0 bridgehead atoms. The first-order valence-electron chi connectivity index (χ1n) is 4.63. The van der Waals surface area contributed by atoms with Crippen molar-refractivity contribution in [1.29, 1.82) is 0 Å². The summed E-state index contributed by atoms with van der Waals surface area (Å²) in [6.07, 6.45) is 0. The number of nitrogens with zero attached hydrogens (tertiary/aromatic N) is 3. The predicted octanol–water partition coefficient (Wildman–Crippen LogP) is 1.59. The number of cyclic esters (lactones) is 1. The molecule has 1 aromatic heterocycles. The Morgan fingerprint density at radius 2 is 2.00 bits per heavy atom. The van der Waals surface area contributed by atoms with Crippen LogP contribution in [0.4, 0.5) is 0 Å². The summed E-state index contributed by atoms with van der Waals surface area (Å²) >= 11 is 5.77. The minimum absolute atomic E-state index is 0.196. The van der Waals surface area contributed by atoms with Gasteiger partial charge in [0.05, 0.1) is 5.69 Å². The van der Waals surface area contributed by atoms with Crippen molar-refractivity contribution in [3.63, 3.8) is 0 Å². The SMILES string of the molecule is O=C1OCc2nn(-c3ccc(Cl)cc3)nc21. The summed E-state index contributed by atoms with van der Waals surface area (Å²) in [7, 11) is 0. The van der Waals surface area contributed by atoms with Gasteiger partial charge in [-0.1, -0.05) is 11.6 Å². The number of rotatable bonds is 1. The normalized spacial score (nSPS) is 13.7. The Kier molecular flexibility index (Phi) is 1.94. The van der Waals surface area contributed by atoms with Gasteiger partial charge in [-0.05, 0) is 24.3 Å². The van der Waals surface area contributed by atoms with Crippen LogP contribution in [0.15, 0.2) is 24.3 Å². The highest BCUT2D eigenvalue weighted by Gasteiger charge is 2.27. The zero-order valence-corrected chi connectivity index (χ0v) is 8.81. The van der Waals surface area contributed by atoms with Crippen molar-refractivity contribution in [3.8, 4) is 5.69 Å². The van der Waals surface area contributed by atoms with E-state index in [4.69, 9.17) is 16.3 Å². The number of carbonyl (C=O) groups is 1. The molecule has 6 heteroatoms. The van der Waals surface area contributed by atoms with E-state index in [1.165, 1.54) is 4.80 Å². The Labute approximate surface area is 95.6 Å². The molecule has 80 valence electrons. The molecule has 0 amide bonds. The minimum Gasteiger partial charge on any atom is -0.454 e. The molecule has 0 N–H and O–H groups in total. The molecular formula is C10H6ClN3O2. The Morgan fingerprint density at radius 3 is 2.69 bits per heavy atom. The second kappa shape index (κ2) is 3.31. The Balaban J connectivity index is 2.05. The van der Waals surface area contributed by atoms with E-state index in [0.717, 1.165) is 5.69 Å². The van der Waals surface area contributed by atoms with Crippen LogP contribution >= 0.6 is 11.6 Å². The predicted molar refractivity (Wildman–Crippen MR) is 55.5 cm³/mol. The number of hydrogen-bond donors (Lipinski definition) is 0. The van der Waals surface area contributed by atoms with E-state index in [1.807, 2.05) is 0 Å². The van der Waals surface area contributed by atoms with Gasteiger partial charge in [-0.2, -0.15) is 4.80 Å². The van der Waals surface area contributed by atoms with Crippen LogP contribution in [0.25, 0.3) is 5.69 Å². The van der Waals surface area contributed by atoms with Gasteiger partial charge in [0.1, 0.15) is 12.3 Å². The van der Waals surface area contributed by atoms with Crippen LogP contribution < -0.4 is 0 Å². The van der Waals surface area contributed by atoms with Crippen LogP contribution in [0.1, 0.15) is 16.2 Å². The minimum atomic E-state index is -0.421. The smallest absolute Gasteiger partial charge is 0.361 e. The van der Waals surface area contributed by atoms with Crippen molar-refractivity contribution in [2.24, 2.45) is 0 Å². The fourth-order valence-electron chi connectivity index (χ4n) is 1.48. The van der Waals surface area contributed by atoms with Crippen molar-refractivity contribution in [2.45, 2.75) is 6.61 Å². The first kappa shape index (κ1) is 9.35. The van der Waals surface area contributed by atoms with Crippen molar-refractivity contribution >= 4 is 17.6 Å². The Morgan fingerprint density at radius 1 is 1.25 bits per heavy atom. The molecular weight excluding hydrogens is 230 g/mol. The molecule has 0 spiro atoms. The van der Waals surface area contributed by atoms with Crippen LogP contribution in [0.5, 0.6) is 0 Å². The summed E-state index contributed by atoms with van der Waals surface area (Å²) < 4.78 is 4.77. The van der Waals surface area contributed by atoms with E-state index in [0.29, 0.717) is 10.7 Å². The summed E-state index contributed by atoms with van der Waals surface area (Å²) in [5.74, 6) is -0.421. The number of esters is 1. The van der Waals surface area contributed by atoms with Crippen LogP contribution in [-0.2, 0) is 11.3 Å².